The molecule has 19 heavy (non-hydrogen) atoms. The largest absolute Gasteiger partial charge is 0.468 e. The smallest absolute Gasteiger partial charge is 0.323 e. The van der Waals surface area contributed by atoms with E-state index in [4.69, 9.17) is 9.47 Å². The van der Waals surface area contributed by atoms with Gasteiger partial charge in [0.1, 0.15) is 0 Å². The first-order valence-electron chi connectivity index (χ1n) is 6.67. The topological polar surface area (TPSA) is 52.6 Å². The highest BCUT2D eigenvalue weighted by Gasteiger charge is 2.56. The number of carbonyl (C=O) groups is 2. The second-order valence-corrected chi connectivity index (χ2v) is 5.13. The normalized spacial score (nSPS) is 28.1. The van der Waals surface area contributed by atoms with E-state index in [1.807, 2.05) is 12.2 Å². The van der Waals surface area contributed by atoms with Crippen LogP contribution in [0.4, 0.5) is 0 Å². The van der Waals surface area contributed by atoms with E-state index in [1.165, 1.54) is 14.2 Å². The number of hydrogen-bond donors (Lipinski definition) is 0. The molecular formula is C15H20O4. The van der Waals surface area contributed by atoms with Crippen LogP contribution in [0.3, 0.4) is 0 Å². The van der Waals surface area contributed by atoms with Gasteiger partial charge >= 0.3 is 11.9 Å². The molecule has 0 aromatic carbocycles. The zero-order chi connectivity index (χ0) is 13.9. The molecule has 0 aliphatic heterocycles. The van der Waals surface area contributed by atoms with E-state index in [9.17, 15) is 9.59 Å². The van der Waals surface area contributed by atoms with E-state index >= 15 is 0 Å². The minimum absolute atomic E-state index is 0.167. The quantitative estimate of drug-likeness (QED) is 0.436. The third kappa shape index (κ3) is 2.20. The molecule has 104 valence electrons. The molecule has 2 aliphatic carbocycles. The number of carbonyl (C=O) groups excluding carboxylic acids is 2. The molecule has 0 amide bonds. The molecule has 0 N–H and O–H groups in total. The summed E-state index contributed by atoms with van der Waals surface area (Å²) in [6.07, 6.45) is 11.3. The fourth-order valence-electron chi connectivity index (χ4n) is 3.33. The molecule has 1 saturated carbocycles. The summed E-state index contributed by atoms with van der Waals surface area (Å²) in [6, 6.07) is 0. The van der Waals surface area contributed by atoms with Gasteiger partial charge in [-0.25, -0.2) is 0 Å². The average molecular weight is 264 g/mol. The second kappa shape index (κ2) is 5.59. The number of methoxy groups -OCH3 is 2. The maximum absolute atomic E-state index is 12.3. The molecule has 4 nitrogen and oxygen atoms in total. The number of esters is 2. The van der Waals surface area contributed by atoms with Crippen LogP contribution in [-0.4, -0.2) is 26.2 Å². The van der Waals surface area contributed by atoms with Crippen LogP contribution in [0.2, 0.25) is 0 Å². The Bertz CT molecular complexity index is 406. The summed E-state index contributed by atoms with van der Waals surface area (Å²) >= 11 is 0. The number of allylic oxidation sites excluding steroid dienone is 4. The zero-order valence-corrected chi connectivity index (χ0v) is 11.4. The summed E-state index contributed by atoms with van der Waals surface area (Å²) < 4.78 is 9.82. The van der Waals surface area contributed by atoms with Crippen LogP contribution >= 0.6 is 0 Å². The first-order chi connectivity index (χ1) is 9.16. The number of fused-ring (bicyclic) bond motifs is 1. The minimum Gasteiger partial charge on any atom is -0.468 e. The molecule has 4 heteroatoms. The van der Waals surface area contributed by atoms with Crippen LogP contribution in [0.1, 0.15) is 25.7 Å². The van der Waals surface area contributed by atoms with Crippen LogP contribution in [0, 0.1) is 17.3 Å². The number of rotatable bonds is 2. The van der Waals surface area contributed by atoms with Crippen molar-refractivity contribution in [3.8, 4) is 0 Å². The standard InChI is InChI=1S/C15H20O4/c1-18-13(16)15(14(17)19-2)10-6-8-11-7-4-3-5-9-12(11)15/h4-5,7,9,11-12H,3,6,8,10H2,1-2H3/t11-,12-/m1/s1. The Kier molecular flexibility index (Phi) is 4.08. The maximum Gasteiger partial charge on any atom is 0.323 e. The van der Waals surface area contributed by atoms with Crippen molar-refractivity contribution in [2.24, 2.45) is 17.3 Å². The third-order valence-corrected chi connectivity index (χ3v) is 4.24. The van der Waals surface area contributed by atoms with Gasteiger partial charge in [-0.15, -0.1) is 0 Å². The molecule has 0 saturated heterocycles. The highest BCUT2D eigenvalue weighted by Crippen LogP contribution is 2.48. The monoisotopic (exact) mass is 264 g/mol. The summed E-state index contributed by atoms with van der Waals surface area (Å²) in [5, 5.41) is 0. The maximum atomic E-state index is 12.3. The summed E-state index contributed by atoms with van der Waals surface area (Å²) in [7, 11) is 2.65. The van der Waals surface area contributed by atoms with Crippen LogP contribution in [0.5, 0.6) is 0 Å². The summed E-state index contributed by atoms with van der Waals surface area (Å²) in [5.74, 6) is -0.923. The van der Waals surface area contributed by atoms with Crippen LogP contribution in [0.15, 0.2) is 24.3 Å². The van der Waals surface area contributed by atoms with Crippen molar-refractivity contribution in [3.05, 3.63) is 24.3 Å². The van der Waals surface area contributed by atoms with Crippen molar-refractivity contribution in [2.45, 2.75) is 25.7 Å². The second-order valence-electron chi connectivity index (χ2n) is 5.13. The van der Waals surface area contributed by atoms with Crippen LogP contribution in [-0.2, 0) is 19.1 Å². The minimum atomic E-state index is -1.18. The van der Waals surface area contributed by atoms with E-state index in [1.54, 1.807) is 0 Å². The molecule has 0 spiro atoms. The zero-order valence-electron chi connectivity index (χ0n) is 11.4. The first-order valence-corrected chi connectivity index (χ1v) is 6.67. The lowest BCUT2D eigenvalue weighted by molar-refractivity contribution is -0.176. The average Bonchev–Trinajstić information content (AvgIpc) is 2.70. The lowest BCUT2D eigenvalue weighted by Crippen LogP contribution is -2.50. The van der Waals surface area contributed by atoms with Crippen LogP contribution < -0.4 is 0 Å². The molecule has 2 rings (SSSR count). The fourth-order valence-corrected chi connectivity index (χ4v) is 3.33. The molecule has 0 heterocycles. The van der Waals surface area contributed by atoms with E-state index < -0.39 is 17.4 Å². The van der Waals surface area contributed by atoms with E-state index in [0.717, 1.165) is 19.3 Å². The molecule has 0 bridgehead atoms. The van der Waals surface area contributed by atoms with Crippen molar-refractivity contribution in [2.75, 3.05) is 14.2 Å². The van der Waals surface area contributed by atoms with Gasteiger partial charge in [-0.2, -0.15) is 0 Å². The molecule has 2 aliphatic rings. The van der Waals surface area contributed by atoms with Gasteiger partial charge in [-0.1, -0.05) is 30.7 Å². The molecule has 1 fully saturated rings. The SMILES string of the molecule is COC(=O)C1(C(=O)OC)CCC[C@H]2C=CCC=C[C@H]21. The van der Waals surface area contributed by atoms with Crippen molar-refractivity contribution in [1.82, 2.24) is 0 Å². The predicted octanol–water partition coefficient (Wildman–Crippen LogP) is 2.25. The summed E-state index contributed by atoms with van der Waals surface area (Å²) in [4.78, 5) is 24.6. The van der Waals surface area contributed by atoms with E-state index in [2.05, 4.69) is 12.2 Å². The van der Waals surface area contributed by atoms with Crippen molar-refractivity contribution in [3.63, 3.8) is 0 Å². The lowest BCUT2D eigenvalue weighted by atomic mass is 9.61. The number of ether oxygens (including phenoxy) is 2. The van der Waals surface area contributed by atoms with Crippen molar-refractivity contribution >= 4 is 11.9 Å². The Morgan fingerprint density at radius 1 is 1.11 bits per heavy atom. The molecule has 0 aromatic rings. The van der Waals surface area contributed by atoms with Gasteiger partial charge in [0.2, 0.25) is 0 Å². The van der Waals surface area contributed by atoms with Gasteiger partial charge in [-0.3, -0.25) is 9.59 Å². The molecular weight excluding hydrogens is 244 g/mol. The summed E-state index contributed by atoms with van der Waals surface area (Å²) in [5.41, 5.74) is -1.18. The summed E-state index contributed by atoms with van der Waals surface area (Å²) in [6.45, 7) is 0. The third-order valence-electron chi connectivity index (χ3n) is 4.24. The molecule has 2 atom stereocenters. The Labute approximate surface area is 113 Å². The van der Waals surface area contributed by atoms with Gasteiger partial charge in [-0.05, 0) is 25.2 Å². The van der Waals surface area contributed by atoms with E-state index in [0.29, 0.717) is 6.42 Å². The lowest BCUT2D eigenvalue weighted by Gasteiger charge is -2.41. The Hall–Kier alpha value is -1.58. The van der Waals surface area contributed by atoms with Gasteiger partial charge in [0.05, 0.1) is 14.2 Å². The van der Waals surface area contributed by atoms with Gasteiger partial charge in [0.25, 0.3) is 0 Å². The highest BCUT2D eigenvalue weighted by atomic mass is 16.5. The Morgan fingerprint density at radius 3 is 2.37 bits per heavy atom. The van der Waals surface area contributed by atoms with Gasteiger partial charge < -0.3 is 9.47 Å². The Morgan fingerprint density at radius 2 is 1.74 bits per heavy atom. The van der Waals surface area contributed by atoms with Crippen LogP contribution in [0.25, 0.3) is 0 Å². The fraction of sp³-hybridized carbons (Fsp3) is 0.600. The van der Waals surface area contributed by atoms with Gasteiger partial charge in [0.15, 0.2) is 5.41 Å². The Balaban J connectivity index is 2.47. The highest BCUT2D eigenvalue weighted by molar-refractivity contribution is 6.01. The molecule has 0 unspecified atom stereocenters. The predicted molar refractivity (Wildman–Crippen MR) is 70.2 cm³/mol. The van der Waals surface area contributed by atoms with Gasteiger partial charge in [0, 0.05) is 5.92 Å². The van der Waals surface area contributed by atoms with E-state index in [-0.39, 0.29) is 11.8 Å². The molecule has 0 aromatic heterocycles. The molecule has 0 radical (unpaired) electrons. The van der Waals surface area contributed by atoms with Crippen molar-refractivity contribution in [1.29, 1.82) is 0 Å². The number of hydrogen-bond acceptors (Lipinski definition) is 4. The first kappa shape index (κ1) is 13.8. The van der Waals surface area contributed by atoms with Crippen molar-refractivity contribution < 1.29 is 19.1 Å².